The van der Waals surface area contributed by atoms with Gasteiger partial charge in [-0.3, -0.25) is 0 Å². The molecule has 0 aromatic heterocycles. The number of hydrogen-bond acceptors (Lipinski definition) is 2. The quantitative estimate of drug-likeness (QED) is 0.0496. The molecule has 0 saturated carbocycles. The van der Waals surface area contributed by atoms with Crippen LogP contribution in [0.3, 0.4) is 0 Å². The first-order valence-corrected chi connectivity index (χ1v) is 17.2. The second-order valence-corrected chi connectivity index (χ2v) is 11.5. The summed E-state index contributed by atoms with van der Waals surface area (Å²) in [6.45, 7) is 6.14. The zero-order valence-corrected chi connectivity index (χ0v) is 25.4. The molecular formula is C34H70O2. The number of hydrogen-bond donors (Lipinski definition) is 0. The first kappa shape index (κ1) is 35.9. The van der Waals surface area contributed by atoms with Gasteiger partial charge in [0.2, 0.25) is 0 Å². The lowest BCUT2D eigenvalue weighted by molar-refractivity contribution is -0.295. The van der Waals surface area contributed by atoms with Crippen molar-refractivity contribution < 1.29 is 9.78 Å². The van der Waals surface area contributed by atoms with Gasteiger partial charge < -0.3 is 0 Å². The van der Waals surface area contributed by atoms with Crippen LogP contribution in [0.2, 0.25) is 0 Å². The van der Waals surface area contributed by atoms with Gasteiger partial charge in [-0.15, -0.1) is 0 Å². The fraction of sp³-hybridized carbons (Fsp3) is 1.00. The highest BCUT2D eigenvalue weighted by molar-refractivity contribution is 4.51. The monoisotopic (exact) mass is 511 g/mol. The first-order chi connectivity index (χ1) is 17.9. The Bertz CT molecular complexity index is 323. The van der Waals surface area contributed by atoms with Crippen molar-refractivity contribution in [1.29, 1.82) is 0 Å². The topological polar surface area (TPSA) is 18.5 Å². The van der Waals surface area contributed by atoms with Crippen LogP contribution in [0.15, 0.2) is 0 Å². The lowest BCUT2D eigenvalue weighted by Gasteiger charge is -2.05. The minimum absolute atomic E-state index is 0.775. The van der Waals surface area contributed by atoms with Crippen molar-refractivity contribution in [2.75, 3.05) is 13.2 Å². The van der Waals surface area contributed by atoms with Gasteiger partial charge in [-0.2, -0.15) is 0 Å². The SMILES string of the molecule is CCCCCCCCCCCCCCCCCCOOCCCCCCCCCCCCCCCC. The van der Waals surface area contributed by atoms with Crippen LogP contribution in [-0.4, -0.2) is 13.2 Å². The van der Waals surface area contributed by atoms with Crippen LogP contribution in [0.1, 0.15) is 206 Å². The van der Waals surface area contributed by atoms with Crippen LogP contribution in [0.25, 0.3) is 0 Å². The zero-order chi connectivity index (χ0) is 26.0. The van der Waals surface area contributed by atoms with Crippen LogP contribution in [-0.2, 0) is 9.78 Å². The third-order valence-electron chi connectivity index (χ3n) is 7.75. The van der Waals surface area contributed by atoms with E-state index in [-0.39, 0.29) is 0 Å². The van der Waals surface area contributed by atoms with Crippen LogP contribution >= 0.6 is 0 Å². The van der Waals surface area contributed by atoms with E-state index in [9.17, 15) is 0 Å². The highest BCUT2D eigenvalue weighted by Gasteiger charge is 1.97. The molecule has 0 aliphatic carbocycles. The molecule has 0 aromatic rings. The van der Waals surface area contributed by atoms with Gasteiger partial charge in [0.15, 0.2) is 0 Å². The molecule has 0 aliphatic heterocycles. The summed E-state index contributed by atoms with van der Waals surface area (Å²) in [6.07, 6.45) is 42.1. The summed E-state index contributed by atoms with van der Waals surface area (Å²) in [5.41, 5.74) is 0. The third kappa shape index (κ3) is 33.9. The molecule has 0 unspecified atom stereocenters. The van der Waals surface area contributed by atoms with E-state index in [0.29, 0.717) is 0 Å². The van der Waals surface area contributed by atoms with Crippen molar-refractivity contribution >= 4 is 0 Å². The van der Waals surface area contributed by atoms with Gasteiger partial charge in [0.05, 0.1) is 13.2 Å². The molecule has 0 N–H and O–H groups in total. The minimum atomic E-state index is 0.775. The van der Waals surface area contributed by atoms with Gasteiger partial charge in [-0.25, -0.2) is 9.78 Å². The minimum Gasteiger partial charge on any atom is -0.237 e. The van der Waals surface area contributed by atoms with Crippen molar-refractivity contribution in [3.63, 3.8) is 0 Å². The van der Waals surface area contributed by atoms with Gasteiger partial charge in [0.1, 0.15) is 0 Å². The van der Waals surface area contributed by atoms with E-state index < -0.39 is 0 Å². The molecule has 0 fully saturated rings. The maximum atomic E-state index is 5.37. The predicted octanol–water partition coefficient (Wildman–Crippen LogP) is 12.7. The van der Waals surface area contributed by atoms with Crippen molar-refractivity contribution in [3.8, 4) is 0 Å². The Kier molecular flexibility index (Phi) is 34.8. The lowest BCUT2D eigenvalue weighted by atomic mass is 10.0. The van der Waals surface area contributed by atoms with Crippen molar-refractivity contribution in [2.24, 2.45) is 0 Å². The molecule has 0 aromatic carbocycles. The number of rotatable bonds is 33. The van der Waals surface area contributed by atoms with Crippen molar-refractivity contribution in [1.82, 2.24) is 0 Å². The molecule has 0 amide bonds. The molecule has 2 heteroatoms. The maximum Gasteiger partial charge on any atom is 0.0822 e. The van der Waals surface area contributed by atoms with Crippen LogP contribution in [0, 0.1) is 0 Å². The lowest BCUT2D eigenvalue weighted by Crippen LogP contribution is -1.99. The molecule has 0 bridgehead atoms. The van der Waals surface area contributed by atoms with Gasteiger partial charge in [-0.05, 0) is 12.8 Å². The summed E-state index contributed by atoms with van der Waals surface area (Å²) in [7, 11) is 0. The molecule has 0 saturated heterocycles. The summed E-state index contributed by atoms with van der Waals surface area (Å²) >= 11 is 0. The van der Waals surface area contributed by atoms with Gasteiger partial charge in [-0.1, -0.05) is 194 Å². The standard InChI is InChI=1S/C34H70O2/c1-3-5-7-9-11-13-15-17-19-20-22-24-26-28-30-32-34-36-35-33-31-29-27-25-23-21-18-16-14-12-10-8-6-4-2/h3-34H2,1-2H3. The van der Waals surface area contributed by atoms with E-state index in [1.54, 1.807) is 0 Å². The largest absolute Gasteiger partial charge is 0.237 e. The summed E-state index contributed by atoms with van der Waals surface area (Å²) in [4.78, 5) is 10.7. The molecule has 0 heterocycles. The third-order valence-corrected chi connectivity index (χ3v) is 7.75. The Balaban J connectivity index is 3.00. The average Bonchev–Trinajstić information content (AvgIpc) is 2.89. The molecule has 36 heavy (non-hydrogen) atoms. The van der Waals surface area contributed by atoms with E-state index in [0.717, 1.165) is 26.1 Å². The highest BCUT2D eigenvalue weighted by atomic mass is 17.2. The Morgan fingerprint density at radius 3 is 0.583 bits per heavy atom. The van der Waals surface area contributed by atoms with E-state index in [1.807, 2.05) is 0 Å². The summed E-state index contributed by atoms with van der Waals surface area (Å²) in [5.74, 6) is 0. The summed E-state index contributed by atoms with van der Waals surface area (Å²) < 4.78 is 0. The molecule has 0 atom stereocenters. The fourth-order valence-corrected chi connectivity index (χ4v) is 5.18. The Morgan fingerprint density at radius 2 is 0.389 bits per heavy atom. The summed E-state index contributed by atoms with van der Waals surface area (Å²) in [5, 5.41) is 0. The average molecular weight is 511 g/mol. The zero-order valence-electron chi connectivity index (χ0n) is 25.4. The second-order valence-electron chi connectivity index (χ2n) is 11.5. The summed E-state index contributed by atoms with van der Waals surface area (Å²) in [6, 6.07) is 0. The molecule has 2 nitrogen and oxygen atoms in total. The van der Waals surface area contributed by atoms with E-state index >= 15 is 0 Å². The second kappa shape index (κ2) is 34.9. The highest BCUT2D eigenvalue weighted by Crippen LogP contribution is 2.15. The van der Waals surface area contributed by atoms with Gasteiger partial charge >= 0.3 is 0 Å². The Labute approximate surface area is 229 Å². The molecule has 0 radical (unpaired) electrons. The van der Waals surface area contributed by atoms with Crippen LogP contribution < -0.4 is 0 Å². The molecule has 0 aliphatic rings. The van der Waals surface area contributed by atoms with Crippen molar-refractivity contribution in [3.05, 3.63) is 0 Å². The van der Waals surface area contributed by atoms with Crippen molar-refractivity contribution in [2.45, 2.75) is 206 Å². The van der Waals surface area contributed by atoms with Gasteiger partial charge in [0, 0.05) is 0 Å². The predicted molar refractivity (Wildman–Crippen MR) is 162 cm³/mol. The molecule has 218 valence electrons. The van der Waals surface area contributed by atoms with Crippen LogP contribution in [0.5, 0.6) is 0 Å². The normalized spacial score (nSPS) is 11.5. The fourth-order valence-electron chi connectivity index (χ4n) is 5.18. The maximum absolute atomic E-state index is 5.37. The van der Waals surface area contributed by atoms with E-state index in [4.69, 9.17) is 9.78 Å². The van der Waals surface area contributed by atoms with Gasteiger partial charge in [0.25, 0.3) is 0 Å². The van der Waals surface area contributed by atoms with Crippen LogP contribution in [0.4, 0.5) is 0 Å². The number of unbranched alkanes of at least 4 members (excludes halogenated alkanes) is 28. The molecule has 0 rings (SSSR count). The smallest absolute Gasteiger partial charge is 0.0822 e. The van der Waals surface area contributed by atoms with E-state index in [1.165, 1.54) is 180 Å². The van der Waals surface area contributed by atoms with E-state index in [2.05, 4.69) is 13.8 Å². The first-order valence-electron chi connectivity index (χ1n) is 17.2. The molecule has 0 spiro atoms. The Hall–Kier alpha value is -0.0800. The Morgan fingerprint density at radius 1 is 0.222 bits per heavy atom. The molecular weight excluding hydrogens is 440 g/mol.